The van der Waals surface area contributed by atoms with E-state index in [4.69, 9.17) is 11.6 Å². The van der Waals surface area contributed by atoms with Crippen molar-refractivity contribution in [1.29, 1.82) is 0 Å². The number of aromatic nitrogens is 1. The number of nitrogens with zero attached hydrogens (tertiary/aromatic N) is 1. The Kier molecular flexibility index (Phi) is 9.15. The van der Waals surface area contributed by atoms with Crippen LogP contribution in [0.2, 0.25) is 5.02 Å². The number of hydrogen-bond donors (Lipinski definition) is 3. The second-order valence-electron chi connectivity index (χ2n) is 8.67. The number of ether oxygens (including phenoxy) is 1. The number of halogens is 3. The molecule has 0 saturated heterocycles. The van der Waals surface area contributed by atoms with Crippen LogP contribution in [0.4, 0.5) is 24.1 Å². The third-order valence-electron chi connectivity index (χ3n) is 5.82. The molecular formula is C28H23ClF2N4O5S. The molecule has 0 fully saturated rings. The van der Waals surface area contributed by atoms with Gasteiger partial charge in [0.25, 0.3) is 10.0 Å². The summed E-state index contributed by atoms with van der Waals surface area (Å²) in [6.45, 7) is 0. The zero-order valence-electron chi connectivity index (χ0n) is 21.4. The molecular weight excluding hydrogens is 578 g/mol. The van der Waals surface area contributed by atoms with Gasteiger partial charge in [0.2, 0.25) is 0 Å². The summed E-state index contributed by atoms with van der Waals surface area (Å²) in [6.07, 6.45) is 0.676. The maximum Gasteiger partial charge on any atom is 0.411 e. The highest BCUT2D eigenvalue weighted by Crippen LogP contribution is 2.30. The molecule has 212 valence electrons. The lowest BCUT2D eigenvalue weighted by Gasteiger charge is -2.22. The first-order valence-corrected chi connectivity index (χ1v) is 13.8. The van der Waals surface area contributed by atoms with Gasteiger partial charge in [0, 0.05) is 23.5 Å². The molecule has 4 aromatic rings. The van der Waals surface area contributed by atoms with Crippen LogP contribution in [0.15, 0.2) is 90.0 Å². The Morgan fingerprint density at radius 2 is 1.66 bits per heavy atom. The lowest BCUT2D eigenvalue weighted by molar-refractivity contribution is 0.187. The molecule has 0 aliphatic carbocycles. The van der Waals surface area contributed by atoms with E-state index in [1.807, 2.05) is 4.72 Å². The van der Waals surface area contributed by atoms with Crippen LogP contribution in [0.3, 0.4) is 0 Å². The van der Waals surface area contributed by atoms with Gasteiger partial charge in [0.05, 0.1) is 23.9 Å². The SMILES string of the molecule is COC(=O)Nc1ccc(-c2cccnc2[C@H](Cc2cc(F)cc(F)c2)NC(=O)NS(=O)(=O)c2ccccc2Cl)cc1. The zero-order chi connectivity index (χ0) is 29.6. The van der Waals surface area contributed by atoms with Crippen molar-refractivity contribution in [3.63, 3.8) is 0 Å². The lowest BCUT2D eigenvalue weighted by atomic mass is 9.95. The summed E-state index contributed by atoms with van der Waals surface area (Å²) >= 11 is 6.00. The minimum atomic E-state index is -4.36. The number of amides is 3. The summed E-state index contributed by atoms with van der Waals surface area (Å²) in [6, 6.07) is 16.3. The number of carbonyl (C=O) groups is 2. The Hall–Kier alpha value is -4.55. The Labute approximate surface area is 239 Å². The molecule has 0 radical (unpaired) electrons. The number of carbonyl (C=O) groups excluding carboxylic acids is 2. The van der Waals surface area contributed by atoms with Crippen molar-refractivity contribution >= 4 is 39.4 Å². The molecule has 4 rings (SSSR count). The molecule has 1 aromatic heterocycles. The maximum absolute atomic E-state index is 14.0. The molecule has 9 nitrogen and oxygen atoms in total. The first kappa shape index (κ1) is 29.4. The largest absolute Gasteiger partial charge is 0.453 e. The van der Waals surface area contributed by atoms with Crippen molar-refractivity contribution in [3.8, 4) is 11.1 Å². The van der Waals surface area contributed by atoms with Crippen molar-refractivity contribution in [3.05, 3.63) is 113 Å². The number of urea groups is 1. The predicted octanol–water partition coefficient (Wildman–Crippen LogP) is 5.83. The molecule has 3 amide bonds. The van der Waals surface area contributed by atoms with E-state index < -0.39 is 39.8 Å². The third kappa shape index (κ3) is 7.56. The minimum absolute atomic E-state index is 0.0864. The van der Waals surface area contributed by atoms with Gasteiger partial charge in [0.15, 0.2) is 0 Å². The van der Waals surface area contributed by atoms with Crippen molar-refractivity contribution in [2.75, 3.05) is 12.4 Å². The molecule has 0 aliphatic heterocycles. The van der Waals surface area contributed by atoms with E-state index in [-0.39, 0.29) is 27.6 Å². The highest BCUT2D eigenvalue weighted by Gasteiger charge is 2.25. The quantitative estimate of drug-likeness (QED) is 0.234. The van der Waals surface area contributed by atoms with E-state index >= 15 is 0 Å². The van der Waals surface area contributed by atoms with E-state index in [2.05, 4.69) is 20.4 Å². The van der Waals surface area contributed by atoms with Crippen LogP contribution in [-0.2, 0) is 21.2 Å². The van der Waals surface area contributed by atoms with E-state index in [0.29, 0.717) is 22.9 Å². The third-order valence-corrected chi connectivity index (χ3v) is 7.65. The number of sulfonamides is 1. The Bertz CT molecular complexity index is 1670. The summed E-state index contributed by atoms with van der Waals surface area (Å²) in [5.74, 6) is -1.64. The van der Waals surface area contributed by atoms with Crippen molar-refractivity contribution < 1.29 is 31.5 Å². The van der Waals surface area contributed by atoms with Gasteiger partial charge in [-0.25, -0.2) is 31.5 Å². The number of benzene rings is 3. The molecule has 0 unspecified atom stereocenters. The smallest absolute Gasteiger partial charge is 0.411 e. The maximum atomic E-state index is 14.0. The molecule has 1 atom stereocenters. The summed E-state index contributed by atoms with van der Waals surface area (Å²) in [5, 5.41) is 5.02. The highest BCUT2D eigenvalue weighted by atomic mass is 35.5. The Morgan fingerprint density at radius 3 is 2.32 bits per heavy atom. The highest BCUT2D eigenvalue weighted by molar-refractivity contribution is 7.90. The van der Waals surface area contributed by atoms with E-state index in [1.54, 1.807) is 36.4 Å². The van der Waals surface area contributed by atoms with Gasteiger partial charge >= 0.3 is 12.1 Å². The van der Waals surface area contributed by atoms with E-state index in [1.165, 1.54) is 37.6 Å². The number of methoxy groups -OCH3 is 1. The standard InChI is InChI=1S/C28H23ClF2N4O5S/c1-40-28(37)33-21-10-8-18(9-11-21)22-5-4-12-32-26(22)24(15-17-13-19(30)16-20(31)14-17)34-27(36)35-41(38,39)25-7-3-2-6-23(25)29/h2-14,16,24H,15H2,1H3,(H,33,37)(H2,34,35,36)/t24-/m0/s1. The zero-order valence-corrected chi connectivity index (χ0v) is 23.0. The van der Waals surface area contributed by atoms with Crippen molar-refractivity contribution in [1.82, 2.24) is 15.0 Å². The van der Waals surface area contributed by atoms with Crippen LogP contribution in [0.5, 0.6) is 0 Å². The molecule has 1 heterocycles. The van der Waals surface area contributed by atoms with Crippen LogP contribution < -0.4 is 15.4 Å². The lowest BCUT2D eigenvalue weighted by Crippen LogP contribution is -2.42. The molecule has 3 aromatic carbocycles. The second-order valence-corrected chi connectivity index (χ2v) is 10.7. The topological polar surface area (TPSA) is 126 Å². The minimum Gasteiger partial charge on any atom is -0.453 e. The van der Waals surface area contributed by atoms with Gasteiger partial charge in [-0.3, -0.25) is 10.3 Å². The molecule has 3 N–H and O–H groups in total. The second kappa shape index (κ2) is 12.7. The number of pyridine rings is 1. The Balaban J connectivity index is 1.68. The summed E-state index contributed by atoms with van der Waals surface area (Å²) in [7, 11) is -3.13. The van der Waals surface area contributed by atoms with Crippen LogP contribution >= 0.6 is 11.6 Å². The fourth-order valence-electron chi connectivity index (χ4n) is 4.05. The molecule has 0 aliphatic rings. The predicted molar refractivity (Wildman–Crippen MR) is 149 cm³/mol. The Morgan fingerprint density at radius 1 is 0.976 bits per heavy atom. The van der Waals surface area contributed by atoms with Crippen molar-refractivity contribution in [2.45, 2.75) is 17.4 Å². The fourth-order valence-corrected chi connectivity index (χ4v) is 5.49. The molecule has 41 heavy (non-hydrogen) atoms. The van der Waals surface area contributed by atoms with Gasteiger partial charge in [-0.05, 0) is 60.0 Å². The van der Waals surface area contributed by atoms with Gasteiger partial charge in [-0.2, -0.15) is 0 Å². The average molecular weight is 601 g/mol. The van der Waals surface area contributed by atoms with Gasteiger partial charge in [-0.1, -0.05) is 41.9 Å². The summed E-state index contributed by atoms with van der Waals surface area (Å²) < 4.78 is 60.2. The number of hydrogen-bond acceptors (Lipinski definition) is 6. The van der Waals surface area contributed by atoms with Crippen molar-refractivity contribution in [2.24, 2.45) is 0 Å². The monoisotopic (exact) mass is 600 g/mol. The number of anilines is 1. The van der Waals surface area contributed by atoms with E-state index in [9.17, 15) is 26.8 Å². The first-order chi connectivity index (χ1) is 19.6. The van der Waals surface area contributed by atoms with Crippen LogP contribution in [0.1, 0.15) is 17.3 Å². The average Bonchev–Trinajstić information content (AvgIpc) is 2.92. The van der Waals surface area contributed by atoms with Crippen LogP contribution in [0.25, 0.3) is 11.1 Å². The molecule has 0 bridgehead atoms. The molecule has 13 heteroatoms. The first-order valence-electron chi connectivity index (χ1n) is 12.0. The number of rotatable bonds is 8. The van der Waals surface area contributed by atoms with E-state index in [0.717, 1.165) is 12.1 Å². The molecule has 0 saturated carbocycles. The van der Waals surface area contributed by atoms with Crippen LogP contribution in [0, 0.1) is 11.6 Å². The van der Waals surface area contributed by atoms with Gasteiger partial charge < -0.3 is 10.1 Å². The molecule has 0 spiro atoms. The summed E-state index contributed by atoms with van der Waals surface area (Å²) in [4.78, 5) is 28.6. The normalized spacial score (nSPS) is 11.8. The fraction of sp³-hybridized carbons (Fsp3) is 0.107. The van der Waals surface area contributed by atoms with Crippen LogP contribution in [-0.4, -0.2) is 32.6 Å². The van der Waals surface area contributed by atoms with Gasteiger partial charge in [0.1, 0.15) is 16.5 Å². The summed E-state index contributed by atoms with van der Waals surface area (Å²) in [5.41, 5.74) is 2.10. The number of nitrogens with one attached hydrogen (secondary N) is 3. The van der Waals surface area contributed by atoms with Gasteiger partial charge in [-0.15, -0.1) is 0 Å².